The minimum absolute atomic E-state index is 0.392. The predicted molar refractivity (Wildman–Crippen MR) is 51.1 cm³/mol. The maximum absolute atomic E-state index is 10.9. The molecule has 2 heterocycles. The lowest BCUT2D eigenvalue weighted by Crippen LogP contribution is -2.54. The molecule has 0 spiro atoms. The number of nitrogens with two attached hydrogens (primary N) is 1. The number of likely N-dealkylation sites (tertiary alicyclic amines) is 1. The highest BCUT2D eigenvalue weighted by molar-refractivity contribution is 7.92. The molecule has 0 radical (unpaired) electrons. The summed E-state index contributed by atoms with van der Waals surface area (Å²) in [5, 5.41) is 0. The number of nitrogens with zero attached hydrogens (tertiary/aromatic N) is 1. The molecular weight excluding hydrogens is 188 g/mol. The highest BCUT2D eigenvalue weighted by Crippen LogP contribution is 2.23. The van der Waals surface area contributed by atoms with Crippen LogP contribution in [0.1, 0.15) is 0 Å². The third kappa shape index (κ3) is 2.03. The Labute approximate surface area is 79.0 Å². The van der Waals surface area contributed by atoms with E-state index in [2.05, 4.69) is 4.90 Å². The average molecular weight is 204 g/mol. The van der Waals surface area contributed by atoms with Crippen molar-refractivity contribution in [2.45, 2.75) is 0 Å². The van der Waals surface area contributed by atoms with E-state index in [0.29, 0.717) is 23.3 Å². The summed E-state index contributed by atoms with van der Waals surface area (Å²) in [4.78, 5) is 2.30. The summed E-state index contributed by atoms with van der Waals surface area (Å²) in [6.45, 7) is 3.84. The van der Waals surface area contributed by atoms with Gasteiger partial charge in [-0.15, -0.1) is 0 Å². The second kappa shape index (κ2) is 3.22. The molecule has 0 aromatic heterocycles. The van der Waals surface area contributed by atoms with Gasteiger partial charge in [-0.25, -0.2) is 8.42 Å². The summed E-state index contributed by atoms with van der Waals surface area (Å²) >= 11 is 0. The molecule has 2 fully saturated rings. The van der Waals surface area contributed by atoms with Gasteiger partial charge in [-0.1, -0.05) is 0 Å². The van der Waals surface area contributed by atoms with E-state index in [1.165, 1.54) is 0 Å². The molecule has 4 nitrogen and oxygen atoms in total. The van der Waals surface area contributed by atoms with Crippen molar-refractivity contribution in [1.29, 1.82) is 0 Å². The van der Waals surface area contributed by atoms with Crippen molar-refractivity contribution < 1.29 is 8.42 Å². The molecule has 2 saturated heterocycles. The summed E-state index contributed by atoms with van der Waals surface area (Å²) < 4.78 is 21.7. The fourth-order valence-electron chi connectivity index (χ4n) is 2.11. The lowest BCUT2D eigenvalue weighted by molar-refractivity contribution is 0.0910. The minimum atomic E-state index is -2.63. The Morgan fingerprint density at radius 1 is 1.23 bits per heavy atom. The number of hydrogen-bond acceptors (Lipinski definition) is 4. The van der Waals surface area contributed by atoms with Crippen LogP contribution in [0.3, 0.4) is 0 Å². The summed E-state index contributed by atoms with van der Waals surface area (Å²) in [5.74, 6) is 1.84. The largest absolute Gasteiger partial charge is 0.330 e. The van der Waals surface area contributed by atoms with Gasteiger partial charge in [-0.3, -0.25) is 0 Å². The van der Waals surface area contributed by atoms with Crippen LogP contribution < -0.4 is 5.73 Å². The standard InChI is InChI=1S/C8H16N2O2S/c9-1-7-2-10(3-7)4-8-5-13(11,12)6-8/h7-8H,1-6,9H2. The quantitative estimate of drug-likeness (QED) is 0.635. The van der Waals surface area contributed by atoms with Crippen LogP contribution in [-0.2, 0) is 9.84 Å². The molecule has 2 N–H and O–H groups in total. The van der Waals surface area contributed by atoms with Gasteiger partial charge in [-0.2, -0.15) is 0 Å². The Morgan fingerprint density at radius 2 is 1.85 bits per heavy atom. The van der Waals surface area contributed by atoms with Crippen LogP contribution in [0.25, 0.3) is 0 Å². The molecule has 0 atom stereocenters. The van der Waals surface area contributed by atoms with Gasteiger partial charge in [0, 0.05) is 19.6 Å². The fraction of sp³-hybridized carbons (Fsp3) is 1.00. The van der Waals surface area contributed by atoms with Crippen LogP contribution in [0.5, 0.6) is 0 Å². The topological polar surface area (TPSA) is 63.4 Å². The van der Waals surface area contributed by atoms with Crippen LogP contribution in [-0.4, -0.2) is 51.0 Å². The summed E-state index contributed by atoms with van der Waals surface area (Å²) in [6, 6.07) is 0. The van der Waals surface area contributed by atoms with Gasteiger partial charge >= 0.3 is 0 Å². The molecule has 0 aromatic carbocycles. The monoisotopic (exact) mass is 204 g/mol. The molecule has 2 aliphatic heterocycles. The van der Waals surface area contributed by atoms with E-state index < -0.39 is 9.84 Å². The number of hydrogen-bond donors (Lipinski definition) is 1. The Bertz CT molecular complexity index is 271. The first-order valence-corrected chi connectivity index (χ1v) is 6.54. The van der Waals surface area contributed by atoms with Gasteiger partial charge in [0.05, 0.1) is 11.5 Å². The summed E-state index contributed by atoms with van der Waals surface area (Å²) in [5.41, 5.74) is 5.49. The molecule has 2 aliphatic rings. The summed E-state index contributed by atoms with van der Waals surface area (Å²) in [7, 11) is -2.63. The van der Waals surface area contributed by atoms with Crippen molar-refractivity contribution in [2.75, 3.05) is 37.7 Å². The lowest BCUT2D eigenvalue weighted by Gasteiger charge is -2.42. The van der Waals surface area contributed by atoms with Gasteiger partial charge in [-0.05, 0) is 18.4 Å². The number of rotatable bonds is 3. The zero-order chi connectivity index (χ0) is 9.47. The predicted octanol–water partition coefficient (Wildman–Crippen LogP) is -1.08. The molecule has 0 amide bonds. The zero-order valence-corrected chi connectivity index (χ0v) is 8.46. The van der Waals surface area contributed by atoms with Crippen molar-refractivity contribution >= 4 is 9.84 Å². The Kier molecular flexibility index (Phi) is 2.33. The van der Waals surface area contributed by atoms with Crippen LogP contribution >= 0.6 is 0 Å². The zero-order valence-electron chi connectivity index (χ0n) is 7.65. The van der Waals surface area contributed by atoms with E-state index in [9.17, 15) is 8.42 Å². The second-order valence-corrected chi connectivity index (χ2v) is 6.42. The molecule has 13 heavy (non-hydrogen) atoms. The summed E-state index contributed by atoms with van der Waals surface area (Å²) in [6.07, 6.45) is 0. The van der Waals surface area contributed by atoms with Crippen LogP contribution in [0.15, 0.2) is 0 Å². The van der Waals surface area contributed by atoms with Crippen molar-refractivity contribution in [1.82, 2.24) is 4.90 Å². The number of sulfone groups is 1. The molecule has 0 bridgehead atoms. The van der Waals surface area contributed by atoms with Gasteiger partial charge in [0.1, 0.15) is 0 Å². The van der Waals surface area contributed by atoms with Gasteiger partial charge in [0.15, 0.2) is 9.84 Å². The van der Waals surface area contributed by atoms with Gasteiger partial charge in [0.25, 0.3) is 0 Å². The first kappa shape index (κ1) is 9.43. The van der Waals surface area contributed by atoms with E-state index in [4.69, 9.17) is 5.73 Å². The van der Waals surface area contributed by atoms with Gasteiger partial charge < -0.3 is 10.6 Å². The second-order valence-electron chi connectivity index (χ2n) is 4.26. The van der Waals surface area contributed by atoms with Crippen LogP contribution in [0, 0.1) is 11.8 Å². The third-order valence-corrected chi connectivity index (χ3v) is 4.82. The van der Waals surface area contributed by atoms with E-state index in [1.54, 1.807) is 0 Å². The molecule has 2 rings (SSSR count). The molecule has 0 aromatic rings. The Morgan fingerprint density at radius 3 is 2.31 bits per heavy atom. The van der Waals surface area contributed by atoms with E-state index >= 15 is 0 Å². The maximum Gasteiger partial charge on any atom is 0.151 e. The van der Waals surface area contributed by atoms with Crippen molar-refractivity contribution in [3.8, 4) is 0 Å². The third-order valence-electron chi connectivity index (χ3n) is 2.86. The molecule has 0 unspecified atom stereocenters. The molecule has 0 aliphatic carbocycles. The molecule has 0 saturated carbocycles. The van der Waals surface area contributed by atoms with E-state index in [1.807, 2.05) is 0 Å². The Hall–Kier alpha value is -0.130. The van der Waals surface area contributed by atoms with Crippen molar-refractivity contribution in [2.24, 2.45) is 17.6 Å². The van der Waals surface area contributed by atoms with E-state index in [-0.39, 0.29) is 0 Å². The highest BCUT2D eigenvalue weighted by atomic mass is 32.2. The van der Waals surface area contributed by atoms with Crippen LogP contribution in [0.2, 0.25) is 0 Å². The SMILES string of the molecule is NCC1CN(CC2CS(=O)(=O)C2)C1. The fourth-order valence-corrected chi connectivity index (χ4v) is 3.66. The van der Waals surface area contributed by atoms with Crippen molar-refractivity contribution in [3.05, 3.63) is 0 Å². The first-order chi connectivity index (χ1) is 6.09. The lowest BCUT2D eigenvalue weighted by atomic mass is 9.99. The molecule has 76 valence electrons. The Balaban J connectivity index is 1.66. The molecular formula is C8H16N2O2S. The van der Waals surface area contributed by atoms with Gasteiger partial charge in [0.2, 0.25) is 0 Å². The normalized spacial score (nSPS) is 29.6. The maximum atomic E-state index is 10.9. The average Bonchev–Trinajstić information content (AvgIpc) is 1.91. The van der Waals surface area contributed by atoms with Crippen molar-refractivity contribution in [3.63, 3.8) is 0 Å². The van der Waals surface area contributed by atoms with Crippen LogP contribution in [0.4, 0.5) is 0 Å². The highest BCUT2D eigenvalue weighted by Gasteiger charge is 2.36. The molecule has 5 heteroatoms. The van der Waals surface area contributed by atoms with E-state index in [0.717, 1.165) is 26.2 Å². The minimum Gasteiger partial charge on any atom is -0.330 e. The first-order valence-electron chi connectivity index (χ1n) is 4.72. The smallest absolute Gasteiger partial charge is 0.151 e.